The van der Waals surface area contributed by atoms with E-state index in [1.807, 2.05) is 0 Å². The number of hydrogen-bond acceptors (Lipinski definition) is 2. The second-order valence-electron chi connectivity index (χ2n) is 4.21. The molecule has 17 heavy (non-hydrogen) atoms. The van der Waals surface area contributed by atoms with Crippen LogP contribution >= 0.6 is 11.6 Å². The average molecular weight is 256 g/mol. The number of aliphatic carboxylic acids is 1. The predicted octanol–water partition coefficient (Wildman–Crippen LogP) is 2.28. The van der Waals surface area contributed by atoms with Crippen LogP contribution in [0.4, 0.5) is 0 Å². The number of carboxylic acid groups (broad SMARTS) is 1. The second-order valence-corrected chi connectivity index (χ2v) is 4.62. The first kappa shape index (κ1) is 13.5. The molecule has 92 valence electrons. The Hall–Kier alpha value is -1.55. The van der Waals surface area contributed by atoms with Crippen molar-refractivity contribution >= 4 is 23.5 Å². The van der Waals surface area contributed by atoms with E-state index in [0.29, 0.717) is 10.6 Å². The van der Waals surface area contributed by atoms with Crippen LogP contribution in [0, 0.1) is 0 Å². The van der Waals surface area contributed by atoms with Crippen LogP contribution < -0.4 is 0 Å². The summed E-state index contributed by atoms with van der Waals surface area (Å²) in [6, 6.07) is 6.55. The first-order valence-corrected chi connectivity index (χ1v) is 5.42. The summed E-state index contributed by atoms with van der Waals surface area (Å²) in [6.45, 7) is 2.92. The Morgan fingerprint density at radius 3 is 2.29 bits per heavy atom. The molecule has 5 heteroatoms. The number of nitrogens with zero attached hydrogens (tertiary/aromatic N) is 1. The highest BCUT2D eigenvalue weighted by Gasteiger charge is 2.35. The molecule has 0 bridgehead atoms. The zero-order valence-electron chi connectivity index (χ0n) is 9.90. The number of halogens is 1. The number of hydrogen-bond donors (Lipinski definition) is 1. The van der Waals surface area contributed by atoms with Gasteiger partial charge in [-0.2, -0.15) is 0 Å². The number of amides is 1. The van der Waals surface area contributed by atoms with Crippen molar-refractivity contribution in [2.24, 2.45) is 0 Å². The molecule has 4 nitrogen and oxygen atoms in total. The normalized spacial score (nSPS) is 11.1. The van der Waals surface area contributed by atoms with E-state index in [2.05, 4.69) is 0 Å². The van der Waals surface area contributed by atoms with E-state index >= 15 is 0 Å². The summed E-state index contributed by atoms with van der Waals surface area (Å²) in [5.74, 6) is -1.48. The molecule has 0 aromatic heterocycles. The quantitative estimate of drug-likeness (QED) is 0.901. The first-order valence-electron chi connectivity index (χ1n) is 5.04. The molecular weight excluding hydrogens is 242 g/mol. The molecule has 1 rings (SSSR count). The summed E-state index contributed by atoms with van der Waals surface area (Å²) >= 11 is 5.90. The SMILES string of the molecule is CN(C(=O)c1ccccc1Cl)C(C)(C)C(=O)O. The van der Waals surface area contributed by atoms with Crippen LogP contribution in [0.1, 0.15) is 24.2 Å². The lowest BCUT2D eigenvalue weighted by Crippen LogP contribution is -2.50. The number of carbonyl (C=O) groups excluding carboxylic acids is 1. The smallest absolute Gasteiger partial charge is 0.329 e. The maximum Gasteiger partial charge on any atom is 0.329 e. The van der Waals surface area contributed by atoms with Crippen LogP contribution in [0.3, 0.4) is 0 Å². The van der Waals surface area contributed by atoms with E-state index in [1.54, 1.807) is 24.3 Å². The molecule has 1 amide bonds. The van der Waals surface area contributed by atoms with Crippen molar-refractivity contribution in [3.05, 3.63) is 34.9 Å². The molecule has 0 aliphatic carbocycles. The highest BCUT2D eigenvalue weighted by molar-refractivity contribution is 6.33. The van der Waals surface area contributed by atoms with Crippen molar-refractivity contribution < 1.29 is 14.7 Å². The molecule has 1 N–H and O–H groups in total. The van der Waals surface area contributed by atoms with Gasteiger partial charge in [-0.05, 0) is 26.0 Å². The molecule has 0 radical (unpaired) electrons. The van der Waals surface area contributed by atoms with Gasteiger partial charge in [0.05, 0.1) is 10.6 Å². The van der Waals surface area contributed by atoms with Gasteiger partial charge in [0.25, 0.3) is 5.91 Å². The average Bonchev–Trinajstić information content (AvgIpc) is 2.27. The van der Waals surface area contributed by atoms with Gasteiger partial charge < -0.3 is 10.0 Å². The van der Waals surface area contributed by atoms with Gasteiger partial charge in [0.15, 0.2) is 0 Å². The minimum absolute atomic E-state index is 0.297. The molecule has 0 atom stereocenters. The zero-order valence-corrected chi connectivity index (χ0v) is 10.7. The summed E-state index contributed by atoms with van der Waals surface area (Å²) in [7, 11) is 1.44. The van der Waals surface area contributed by atoms with Gasteiger partial charge in [0.2, 0.25) is 0 Å². The first-order chi connectivity index (χ1) is 7.78. The van der Waals surface area contributed by atoms with Gasteiger partial charge in [-0.25, -0.2) is 4.79 Å². The zero-order chi connectivity index (χ0) is 13.2. The highest BCUT2D eigenvalue weighted by Crippen LogP contribution is 2.21. The third-order valence-electron chi connectivity index (χ3n) is 2.77. The number of likely N-dealkylation sites (N-methyl/N-ethyl adjacent to an activating group) is 1. The number of carbonyl (C=O) groups is 2. The van der Waals surface area contributed by atoms with Crippen molar-refractivity contribution in [3.63, 3.8) is 0 Å². The Morgan fingerprint density at radius 1 is 1.29 bits per heavy atom. The van der Waals surface area contributed by atoms with Crippen LogP contribution in [0.25, 0.3) is 0 Å². The standard InChI is InChI=1S/C12H14ClNO3/c1-12(2,11(16)17)14(3)10(15)8-6-4-5-7-9(8)13/h4-7H,1-3H3,(H,16,17). The van der Waals surface area contributed by atoms with Crippen LogP contribution in [0.2, 0.25) is 5.02 Å². The lowest BCUT2D eigenvalue weighted by molar-refractivity contribution is -0.147. The number of carboxylic acids is 1. The third kappa shape index (κ3) is 2.58. The Labute approximate surface area is 105 Å². The lowest BCUT2D eigenvalue weighted by Gasteiger charge is -2.31. The fourth-order valence-corrected chi connectivity index (χ4v) is 1.43. The summed E-state index contributed by atoms with van der Waals surface area (Å²) in [4.78, 5) is 24.3. The summed E-state index contributed by atoms with van der Waals surface area (Å²) in [5, 5.41) is 9.36. The van der Waals surface area contributed by atoms with Crippen LogP contribution in [-0.4, -0.2) is 34.5 Å². The van der Waals surface area contributed by atoms with Gasteiger partial charge in [-0.1, -0.05) is 23.7 Å². The molecule has 1 aromatic rings. The fraction of sp³-hybridized carbons (Fsp3) is 0.333. The number of rotatable bonds is 3. The molecule has 0 saturated heterocycles. The van der Waals surface area contributed by atoms with E-state index in [9.17, 15) is 9.59 Å². The Balaban J connectivity index is 3.07. The number of benzene rings is 1. The van der Waals surface area contributed by atoms with E-state index in [4.69, 9.17) is 16.7 Å². The third-order valence-corrected chi connectivity index (χ3v) is 3.10. The van der Waals surface area contributed by atoms with Crippen molar-refractivity contribution in [2.75, 3.05) is 7.05 Å². The van der Waals surface area contributed by atoms with E-state index in [-0.39, 0.29) is 0 Å². The van der Waals surface area contributed by atoms with Gasteiger partial charge in [-0.15, -0.1) is 0 Å². The Kier molecular flexibility index (Phi) is 3.78. The van der Waals surface area contributed by atoms with Crippen LogP contribution in [0.15, 0.2) is 24.3 Å². The van der Waals surface area contributed by atoms with E-state index in [0.717, 1.165) is 4.90 Å². The van der Waals surface area contributed by atoms with Crippen molar-refractivity contribution in [1.29, 1.82) is 0 Å². The molecule has 0 aliphatic rings. The van der Waals surface area contributed by atoms with E-state index in [1.165, 1.54) is 20.9 Å². The minimum atomic E-state index is -1.28. The summed E-state index contributed by atoms with van der Waals surface area (Å²) in [6.07, 6.45) is 0. The Morgan fingerprint density at radius 2 is 1.82 bits per heavy atom. The minimum Gasteiger partial charge on any atom is -0.480 e. The van der Waals surface area contributed by atoms with Gasteiger partial charge in [-0.3, -0.25) is 4.79 Å². The second kappa shape index (κ2) is 4.75. The molecule has 0 unspecified atom stereocenters. The summed E-state index contributed by atoms with van der Waals surface area (Å²) < 4.78 is 0. The fourth-order valence-electron chi connectivity index (χ4n) is 1.21. The van der Waals surface area contributed by atoms with Crippen molar-refractivity contribution in [1.82, 2.24) is 4.90 Å². The van der Waals surface area contributed by atoms with Crippen LogP contribution in [0.5, 0.6) is 0 Å². The molecule has 0 saturated carbocycles. The molecular formula is C12H14ClNO3. The van der Waals surface area contributed by atoms with Gasteiger partial charge >= 0.3 is 5.97 Å². The van der Waals surface area contributed by atoms with E-state index < -0.39 is 17.4 Å². The van der Waals surface area contributed by atoms with Gasteiger partial charge in [0, 0.05) is 7.05 Å². The Bertz CT molecular complexity index is 457. The van der Waals surface area contributed by atoms with Crippen molar-refractivity contribution in [3.8, 4) is 0 Å². The highest BCUT2D eigenvalue weighted by atomic mass is 35.5. The van der Waals surface area contributed by atoms with Crippen LogP contribution in [-0.2, 0) is 4.79 Å². The maximum atomic E-state index is 12.1. The predicted molar refractivity (Wildman–Crippen MR) is 65.3 cm³/mol. The monoisotopic (exact) mass is 255 g/mol. The lowest BCUT2D eigenvalue weighted by atomic mass is 10.0. The maximum absolute atomic E-state index is 12.1. The molecule has 0 aliphatic heterocycles. The topological polar surface area (TPSA) is 57.6 Å². The largest absolute Gasteiger partial charge is 0.480 e. The molecule has 0 spiro atoms. The molecule has 1 aromatic carbocycles. The summed E-state index contributed by atoms with van der Waals surface area (Å²) in [5.41, 5.74) is -0.984. The molecule has 0 fully saturated rings. The molecule has 0 heterocycles. The van der Waals surface area contributed by atoms with Crippen molar-refractivity contribution in [2.45, 2.75) is 19.4 Å². The van der Waals surface area contributed by atoms with Gasteiger partial charge in [0.1, 0.15) is 5.54 Å².